The zero-order chi connectivity index (χ0) is 15.1. The van der Waals surface area contributed by atoms with E-state index in [1.54, 1.807) is 6.26 Å². The van der Waals surface area contributed by atoms with Gasteiger partial charge in [0.05, 0.1) is 6.26 Å². The second-order valence-corrected chi connectivity index (χ2v) is 6.53. The summed E-state index contributed by atoms with van der Waals surface area (Å²) in [7, 11) is 0. The molecule has 1 aromatic heterocycles. The van der Waals surface area contributed by atoms with Crippen molar-refractivity contribution in [2.75, 3.05) is 6.54 Å². The van der Waals surface area contributed by atoms with E-state index in [0.29, 0.717) is 13.0 Å². The van der Waals surface area contributed by atoms with Crippen molar-refractivity contribution in [1.29, 1.82) is 0 Å². The van der Waals surface area contributed by atoms with Crippen molar-refractivity contribution < 1.29 is 9.21 Å². The highest BCUT2D eigenvalue weighted by molar-refractivity contribution is 5.77. The third kappa shape index (κ3) is 4.88. The van der Waals surface area contributed by atoms with Gasteiger partial charge in [-0.2, -0.15) is 0 Å². The maximum Gasteiger partial charge on any atom is 0.220 e. The Morgan fingerprint density at radius 2 is 2.19 bits per heavy atom. The lowest BCUT2D eigenvalue weighted by molar-refractivity contribution is -0.124. The average Bonchev–Trinajstić information content (AvgIpc) is 2.99. The van der Waals surface area contributed by atoms with Gasteiger partial charge in [0.2, 0.25) is 5.91 Å². The van der Waals surface area contributed by atoms with Crippen molar-refractivity contribution >= 4 is 5.91 Å². The highest BCUT2D eigenvalue weighted by Crippen LogP contribution is 2.38. The third-order valence-electron chi connectivity index (χ3n) is 4.69. The van der Waals surface area contributed by atoms with E-state index in [2.05, 4.69) is 12.2 Å². The van der Waals surface area contributed by atoms with Gasteiger partial charge < -0.3 is 15.5 Å². The van der Waals surface area contributed by atoms with Gasteiger partial charge >= 0.3 is 0 Å². The number of carbonyl (C=O) groups excluding carboxylic acids is 1. The lowest BCUT2D eigenvalue weighted by Gasteiger charge is -2.36. The van der Waals surface area contributed by atoms with Gasteiger partial charge in [0, 0.05) is 18.9 Å². The van der Waals surface area contributed by atoms with E-state index < -0.39 is 0 Å². The number of amides is 1. The lowest BCUT2D eigenvalue weighted by Crippen LogP contribution is -2.41. The predicted molar refractivity (Wildman–Crippen MR) is 83.8 cm³/mol. The largest absolute Gasteiger partial charge is 0.469 e. The van der Waals surface area contributed by atoms with Crippen LogP contribution in [0.3, 0.4) is 0 Å². The molecule has 1 amide bonds. The molecule has 0 aromatic carbocycles. The quantitative estimate of drug-likeness (QED) is 0.811. The minimum atomic E-state index is 0.0447. The first-order valence-corrected chi connectivity index (χ1v) is 8.15. The molecule has 0 radical (unpaired) electrons. The summed E-state index contributed by atoms with van der Waals surface area (Å²) in [5.74, 6) is 1.12. The zero-order valence-corrected chi connectivity index (χ0v) is 13.1. The molecule has 1 unspecified atom stereocenters. The lowest BCUT2D eigenvalue weighted by atomic mass is 9.71. The first-order chi connectivity index (χ1) is 10.1. The molecule has 0 spiro atoms. The molecule has 0 aliphatic heterocycles. The van der Waals surface area contributed by atoms with E-state index >= 15 is 0 Å². The minimum absolute atomic E-state index is 0.0447. The molecular formula is C17H28N2O2. The Balaban J connectivity index is 1.74. The Morgan fingerprint density at radius 3 is 2.81 bits per heavy atom. The van der Waals surface area contributed by atoms with Crippen molar-refractivity contribution in [3.8, 4) is 0 Å². The molecule has 1 aliphatic rings. The van der Waals surface area contributed by atoms with Crippen molar-refractivity contribution in [2.24, 2.45) is 11.1 Å². The van der Waals surface area contributed by atoms with E-state index in [-0.39, 0.29) is 17.4 Å². The second kappa shape index (κ2) is 7.64. The van der Waals surface area contributed by atoms with Crippen LogP contribution in [0, 0.1) is 5.41 Å². The summed E-state index contributed by atoms with van der Waals surface area (Å²) >= 11 is 0. The van der Waals surface area contributed by atoms with Gasteiger partial charge in [-0.15, -0.1) is 0 Å². The van der Waals surface area contributed by atoms with Gasteiger partial charge in [0.15, 0.2) is 0 Å². The number of nitrogens with two attached hydrogens (primary N) is 1. The maximum atomic E-state index is 12.3. The van der Waals surface area contributed by atoms with Gasteiger partial charge in [0.1, 0.15) is 5.76 Å². The molecule has 1 aromatic rings. The molecule has 0 saturated heterocycles. The molecular weight excluding hydrogens is 264 g/mol. The van der Waals surface area contributed by atoms with Crippen LogP contribution in [0.1, 0.15) is 57.6 Å². The molecule has 4 nitrogen and oxygen atoms in total. The zero-order valence-electron chi connectivity index (χ0n) is 13.1. The van der Waals surface area contributed by atoms with Crippen LogP contribution < -0.4 is 11.1 Å². The third-order valence-corrected chi connectivity index (χ3v) is 4.69. The summed E-state index contributed by atoms with van der Waals surface area (Å²) in [6, 6.07) is 4.04. The topological polar surface area (TPSA) is 68.3 Å². The summed E-state index contributed by atoms with van der Waals surface area (Å²) in [4.78, 5) is 12.3. The molecule has 0 bridgehead atoms. The van der Waals surface area contributed by atoms with Gasteiger partial charge in [-0.05, 0) is 50.3 Å². The highest BCUT2D eigenvalue weighted by Gasteiger charge is 2.33. The molecule has 4 heteroatoms. The Morgan fingerprint density at radius 1 is 1.43 bits per heavy atom. The van der Waals surface area contributed by atoms with Gasteiger partial charge in [-0.1, -0.05) is 19.3 Å². The van der Waals surface area contributed by atoms with E-state index in [9.17, 15) is 4.79 Å². The van der Waals surface area contributed by atoms with Gasteiger partial charge in [-0.3, -0.25) is 4.79 Å². The smallest absolute Gasteiger partial charge is 0.220 e. The second-order valence-electron chi connectivity index (χ2n) is 6.53. The molecule has 1 aliphatic carbocycles. The highest BCUT2D eigenvalue weighted by atomic mass is 16.3. The van der Waals surface area contributed by atoms with E-state index in [0.717, 1.165) is 31.4 Å². The van der Waals surface area contributed by atoms with E-state index in [1.165, 1.54) is 19.3 Å². The molecule has 1 saturated carbocycles. The Hall–Kier alpha value is -1.29. The molecule has 1 heterocycles. The number of furan rings is 1. The van der Waals surface area contributed by atoms with Gasteiger partial charge in [-0.25, -0.2) is 0 Å². The predicted octanol–water partition coefficient (Wildman–Crippen LogP) is 3.02. The van der Waals surface area contributed by atoms with Crippen LogP contribution in [0.5, 0.6) is 0 Å². The summed E-state index contributed by atoms with van der Waals surface area (Å²) in [5.41, 5.74) is 5.99. The first-order valence-electron chi connectivity index (χ1n) is 8.15. The molecule has 2 rings (SSSR count). The Labute approximate surface area is 127 Å². The van der Waals surface area contributed by atoms with Crippen LogP contribution in [-0.4, -0.2) is 18.5 Å². The van der Waals surface area contributed by atoms with E-state index in [4.69, 9.17) is 10.2 Å². The average molecular weight is 292 g/mol. The molecule has 21 heavy (non-hydrogen) atoms. The van der Waals surface area contributed by atoms with Crippen molar-refractivity contribution in [2.45, 2.75) is 64.3 Å². The number of hydrogen-bond donors (Lipinski definition) is 2. The van der Waals surface area contributed by atoms with Crippen LogP contribution in [0.25, 0.3) is 0 Å². The van der Waals surface area contributed by atoms with Gasteiger partial charge in [0.25, 0.3) is 0 Å². The summed E-state index contributed by atoms with van der Waals surface area (Å²) in [6.45, 7) is 2.68. The SMILES string of the molecule is CC(CCc1ccco1)NC(=O)CC1(CN)CCCCC1. The fourth-order valence-corrected chi connectivity index (χ4v) is 3.31. The molecule has 118 valence electrons. The van der Waals surface area contributed by atoms with Crippen LogP contribution in [0.2, 0.25) is 0 Å². The summed E-state index contributed by atoms with van der Waals surface area (Å²) < 4.78 is 5.31. The number of rotatable bonds is 7. The molecule has 3 N–H and O–H groups in total. The maximum absolute atomic E-state index is 12.3. The number of hydrogen-bond acceptors (Lipinski definition) is 3. The van der Waals surface area contributed by atoms with Crippen molar-refractivity contribution in [3.05, 3.63) is 24.2 Å². The number of aryl methyl sites for hydroxylation is 1. The minimum Gasteiger partial charge on any atom is -0.469 e. The fourth-order valence-electron chi connectivity index (χ4n) is 3.31. The van der Waals surface area contributed by atoms with Crippen LogP contribution in [0.15, 0.2) is 22.8 Å². The molecule has 1 fully saturated rings. The molecule has 1 atom stereocenters. The van der Waals surface area contributed by atoms with Crippen LogP contribution in [-0.2, 0) is 11.2 Å². The fraction of sp³-hybridized carbons (Fsp3) is 0.706. The van der Waals surface area contributed by atoms with Crippen molar-refractivity contribution in [1.82, 2.24) is 5.32 Å². The monoisotopic (exact) mass is 292 g/mol. The number of nitrogens with one attached hydrogen (secondary N) is 1. The summed E-state index contributed by atoms with van der Waals surface area (Å²) in [6.07, 6.45) is 9.90. The van der Waals surface area contributed by atoms with Crippen molar-refractivity contribution in [3.63, 3.8) is 0 Å². The van der Waals surface area contributed by atoms with Crippen LogP contribution in [0.4, 0.5) is 0 Å². The number of carbonyl (C=O) groups is 1. The van der Waals surface area contributed by atoms with E-state index in [1.807, 2.05) is 12.1 Å². The Bertz CT molecular complexity index is 422. The normalized spacial score (nSPS) is 19.1. The Kier molecular flexibility index (Phi) is 5.85. The van der Waals surface area contributed by atoms with Crippen LogP contribution >= 0.6 is 0 Å². The summed E-state index contributed by atoms with van der Waals surface area (Å²) in [5, 5.41) is 3.11. The standard InChI is InChI=1S/C17H28N2O2/c1-14(7-8-15-6-5-11-21-15)19-16(20)12-17(13-18)9-3-2-4-10-17/h5-6,11,14H,2-4,7-10,12-13,18H2,1H3,(H,19,20). The first kappa shape index (κ1) is 16.1.